The summed E-state index contributed by atoms with van der Waals surface area (Å²) >= 11 is 0. The fraction of sp³-hybridized carbons (Fsp3) is 0.833. The predicted molar refractivity (Wildman–Crippen MR) is 61.1 cm³/mol. The maximum atomic E-state index is 11.6. The summed E-state index contributed by atoms with van der Waals surface area (Å²) in [4.78, 5) is 24.9. The second kappa shape index (κ2) is 6.63. The lowest BCUT2D eigenvalue weighted by molar-refractivity contribution is -0.145. The molecule has 1 aliphatic carbocycles. The number of carbonyl (C=O) groups is 2. The van der Waals surface area contributed by atoms with Crippen molar-refractivity contribution in [3.05, 3.63) is 0 Å². The van der Waals surface area contributed by atoms with Gasteiger partial charge in [0.2, 0.25) is 0 Å². The molecule has 16 heavy (non-hydrogen) atoms. The Bertz CT molecular complexity index is 249. The Kier molecular flexibility index (Phi) is 5.46. The maximum Gasteiger partial charge on any atom is 0.313 e. The molecule has 0 radical (unpaired) electrons. The Labute approximate surface area is 96.9 Å². The molecule has 0 aromatic carbocycles. The summed E-state index contributed by atoms with van der Waals surface area (Å²) < 4.78 is 4.75. The highest BCUT2D eigenvalue weighted by Gasteiger charge is 2.29. The molecule has 0 saturated heterocycles. The number of Topliss-reactive ketones (excluding diaryl/α,β-unsaturated/α-hetero) is 1. The first-order valence-electron chi connectivity index (χ1n) is 6.08. The van der Waals surface area contributed by atoms with Crippen molar-refractivity contribution >= 4 is 11.8 Å². The van der Waals surface area contributed by atoms with Crippen LogP contribution in [0, 0.1) is 0 Å². The Morgan fingerprint density at radius 2 is 2.00 bits per heavy atom. The number of ketones is 1. The van der Waals surface area contributed by atoms with E-state index in [1.165, 1.54) is 12.8 Å². The minimum Gasteiger partial charge on any atom is -0.466 e. The number of ether oxygens (including phenoxy) is 1. The molecular formula is C12H21NO3. The molecule has 0 spiro atoms. The van der Waals surface area contributed by atoms with E-state index in [0.29, 0.717) is 19.2 Å². The number of rotatable bonds is 8. The van der Waals surface area contributed by atoms with Crippen molar-refractivity contribution in [1.29, 1.82) is 0 Å². The third-order valence-electron chi connectivity index (χ3n) is 2.60. The van der Waals surface area contributed by atoms with Crippen LogP contribution in [0.4, 0.5) is 0 Å². The fourth-order valence-corrected chi connectivity index (χ4v) is 1.77. The van der Waals surface area contributed by atoms with Gasteiger partial charge in [-0.25, -0.2) is 0 Å². The minimum atomic E-state index is -0.403. The molecule has 0 N–H and O–H groups in total. The Balaban J connectivity index is 2.27. The van der Waals surface area contributed by atoms with Gasteiger partial charge in [-0.2, -0.15) is 0 Å². The molecule has 0 aliphatic heterocycles. The van der Waals surface area contributed by atoms with Crippen molar-refractivity contribution in [2.45, 2.75) is 45.6 Å². The summed E-state index contributed by atoms with van der Waals surface area (Å²) in [6, 6.07) is 0.575. The summed E-state index contributed by atoms with van der Waals surface area (Å²) in [5, 5.41) is 0. The van der Waals surface area contributed by atoms with Crippen LogP contribution in [-0.4, -0.2) is 42.4 Å². The van der Waals surface area contributed by atoms with Crippen LogP contribution in [-0.2, 0) is 14.3 Å². The summed E-state index contributed by atoms with van der Waals surface area (Å²) in [5.41, 5.74) is 0. The quantitative estimate of drug-likeness (QED) is 0.464. The first-order valence-corrected chi connectivity index (χ1v) is 6.08. The molecule has 0 atom stereocenters. The third kappa shape index (κ3) is 4.75. The normalized spacial score (nSPS) is 15.2. The van der Waals surface area contributed by atoms with Gasteiger partial charge in [-0.05, 0) is 32.7 Å². The Morgan fingerprint density at radius 3 is 2.50 bits per heavy atom. The van der Waals surface area contributed by atoms with Gasteiger partial charge in [0.25, 0.3) is 0 Å². The van der Waals surface area contributed by atoms with Crippen molar-refractivity contribution in [2.75, 3.05) is 19.7 Å². The first-order chi connectivity index (χ1) is 7.67. The highest BCUT2D eigenvalue weighted by molar-refractivity contribution is 5.96. The minimum absolute atomic E-state index is 0.0289. The van der Waals surface area contributed by atoms with Crippen LogP contribution in [0.5, 0.6) is 0 Å². The molecule has 1 fully saturated rings. The van der Waals surface area contributed by atoms with Gasteiger partial charge in [0.1, 0.15) is 6.42 Å². The average molecular weight is 227 g/mol. The van der Waals surface area contributed by atoms with E-state index >= 15 is 0 Å². The molecule has 0 aromatic heterocycles. The van der Waals surface area contributed by atoms with Gasteiger partial charge in [0, 0.05) is 6.04 Å². The van der Waals surface area contributed by atoms with E-state index < -0.39 is 5.97 Å². The van der Waals surface area contributed by atoms with Gasteiger partial charge in [-0.15, -0.1) is 0 Å². The predicted octanol–water partition coefficient (Wildman–Crippen LogP) is 1.38. The zero-order valence-electron chi connectivity index (χ0n) is 10.2. The molecule has 0 heterocycles. The number of carbonyl (C=O) groups excluding carboxylic acids is 2. The van der Waals surface area contributed by atoms with Crippen molar-refractivity contribution in [3.8, 4) is 0 Å². The van der Waals surface area contributed by atoms with Crippen LogP contribution in [0.1, 0.15) is 39.5 Å². The standard InChI is InChI=1S/C12H21NO3/c1-3-7-13(10-5-6-10)9-11(14)8-12(15)16-4-2/h10H,3-9H2,1-2H3. The number of hydrogen-bond donors (Lipinski definition) is 0. The molecule has 1 saturated carbocycles. The van der Waals surface area contributed by atoms with Gasteiger partial charge in [-0.1, -0.05) is 6.92 Å². The second-order valence-corrected chi connectivity index (χ2v) is 4.22. The van der Waals surface area contributed by atoms with E-state index in [1.807, 2.05) is 0 Å². The lowest BCUT2D eigenvalue weighted by Crippen LogP contribution is -2.33. The van der Waals surface area contributed by atoms with Crippen LogP contribution in [0.2, 0.25) is 0 Å². The van der Waals surface area contributed by atoms with Crippen LogP contribution >= 0.6 is 0 Å². The lowest BCUT2D eigenvalue weighted by atomic mass is 10.2. The molecule has 4 nitrogen and oxygen atoms in total. The second-order valence-electron chi connectivity index (χ2n) is 4.22. The van der Waals surface area contributed by atoms with Crippen molar-refractivity contribution < 1.29 is 14.3 Å². The van der Waals surface area contributed by atoms with E-state index in [2.05, 4.69) is 11.8 Å². The van der Waals surface area contributed by atoms with Crippen LogP contribution < -0.4 is 0 Å². The summed E-state index contributed by atoms with van der Waals surface area (Å²) in [5.74, 6) is -0.432. The van der Waals surface area contributed by atoms with E-state index in [9.17, 15) is 9.59 Å². The molecule has 1 aliphatic rings. The molecule has 0 aromatic rings. The Hall–Kier alpha value is -0.900. The number of hydrogen-bond acceptors (Lipinski definition) is 4. The zero-order valence-corrected chi connectivity index (χ0v) is 10.2. The number of nitrogens with zero attached hydrogens (tertiary/aromatic N) is 1. The fourth-order valence-electron chi connectivity index (χ4n) is 1.77. The van der Waals surface area contributed by atoms with Gasteiger partial charge in [0.05, 0.1) is 13.2 Å². The molecule has 1 rings (SSSR count). The van der Waals surface area contributed by atoms with Gasteiger partial charge in [0.15, 0.2) is 5.78 Å². The van der Waals surface area contributed by atoms with Gasteiger partial charge in [-0.3, -0.25) is 14.5 Å². The summed E-state index contributed by atoms with van der Waals surface area (Å²) in [6.45, 7) is 5.53. The number of esters is 1. The van der Waals surface area contributed by atoms with E-state index in [0.717, 1.165) is 13.0 Å². The molecular weight excluding hydrogens is 206 g/mol. The zero-order chi connectivity index (χ0) is 12.0. The largest absolute Gasteiger partial charge is 0.466 e. The van der Waals surface area contributed by atoms with E-state index in [1.54, 1.807) is 6.92 Å². The smallest absolute Gasteiger partial charge is 0.313 e. The SMILES string of the molecule is CCCN(CC(=O)CC(=O)OCC)C1CC1. The van der Waals surface area contributed by atoms with Crippen molar-refractivity contribution in [1.82, 2.24) is 4.90 Å². The highest BCUT2D eigenvalue weighted by atomic mass is 16.5. The molecule has 92 valence electrons. The monoisotopic (exact) mass is 227 g/mol. The van der Waals surface area contributed by atoms with E-state index in [-0.39, 0.29) is 12.2 Å². The molecule has 4 heteroatoms. The van der Waals surface area contributed by atoms with Crippen molar-refractivity contribution in [2.24, 2.45) is 0 Å². The molecule has 0 bridgehead atoms. The maximum absolute atomic E-state index is 11.6. The summed E-state index contributed by atoms with van der Waals surface area (Å²) in [6.07, 6.45) is 3.34. The molecule has 0 amide bonds. The lowest BCUT2D eigenvalue weighted by Gasteiger charge is -2.19. The van der Waals surface area contributed by atoms with Crippen LogP contribution in [0.15, 0.2) is 0 Å². The summed E-state index contributed by atoms with van der Waals surface area (Å²) in [7, 11) is 0. The molecule has 0 unspecified atom stereocenters. The van der Waals surface area contributed by atoms with Crippen LogP contribution in [0.3, 0.4) is 0 Å². The van der Waals surface area contributed by atoms with Crippen molar-refractivity contribution in [3.63, 3.8) is 0 Å². The Morgan fingerprint density at radius 1 is 1.31 bits per heavy atom. The highest BCUT2D eigenvalue weighted by Crippen LogP contribution is 2.26. The van der Waals surface area contributed by atoms with E-state index in [4.69, 9.17) is 4.74 Å². The third-order valence-corrected chi connectivity index (χ3v) is 2.60. The average Bonchev–Trinajstić information content (AvgIpc) is 3.00. The van der Waals surface area contributed by atoms with Gasteiger partial charge < -0.3 is 4.74 Å². The van der Waals surface area contributed by atoms with Crippen LogP contribution in [0.25, 0.3) is 0 Å². The van der Waals surface area contributed by atoms with Gasteiger partial charge >= 0.3 is 5.97 Å². The first kappa shape index (κ1) is 13.2. The topological polar surface area (TPSA) is 46.6 Å².